The average Bonchev–Trinajstić information content (AvgIpc) is 3.04. The van der Waals surface area contributed by atoms with Crippen molar-refractivity contribution in [2.45, 2.75) is 39.3 Å². The van der Waals surface area contributed by atoms with Gasteiger partial charge in [-0.2, -0.15) is 4.80 Å². The number of rotatable bonds is 4. The van der Waals surface area contributed by atoms with Crippen molar-refractivity contribution in [3.63, 3.8) is 0 Å². The van der Waals surface area contributed by atoms with Gasteiger partial charge in [-0.15, -0.1) is 10.2 Å². The lowest BCUT2D eigenvalue weighted by molar-refractivity contribution is -0.134. The van der Waals surface area contributed by atoms with Crippen LogP contribution in [0.25, 0.3) is 11.4 Å². The molecule has 1 aliphatic heterocycles. The molecule has 1 aromatic carbocycles. The van der Waals surface area contributed by atoms with Crippen LogP contribution in [0.4, 0.5) is 0 Å². The van der Waals surface area contributed by atoms with Crippen LogP contribution < -0.4 is 5.73 Å². The second-order valence-corrected chi connectivity index (χ2v) is 6.61. The Balaban J connectivity index is 1.64. The largest absolute Gasteiger partial charge is 0.341 e. The highest BCUT2D eigenvalue weighted by Crippen LogP contribution is 2.19. The van der Waals surface area contributed by atoms with E-state index in [4.69, 9.17) is 5.73 Å². The van der Waals surface area contributed by atoms with E-state index in [9.17, 15) is 4.79 Å². The Kier molecular flexibility index (Phi) is 4.89. The fourth-order valence-corrected chi connectivity index (χ4v) is 3.02. The van der Waals surface area contributed by atoms with Crippen LogP contribution in [0, 0.1) is 12.8 Å². The summed E-state index contributed by atoms with van der Waals surface area (Å²) in [5.74, 6) is 0.928. The van der Waals surface area contributed by atoms with Gasteiger partial charge in [0.2, 0.25) is 11.7 Å². The van der Waals surface area contributed by atoms with Gasteiger partial charge in [0, 0.05) is 24.7 Å². The third kappa shape index (κ3) is 3.79. The molecule has 2 unspecified atom stereocenters. The number of nitrogens with two attached hydrogens (primary N) is 1. The highest BCUT2D eigenvalue weighted by atomic mass is 16.2. The fraction of sp³-hybridized carbons (Fsp3) is 0.529. The van der Waals surface area contributed by atoms with Gasteiger partial charge in [0.15, 0.2) is 0 Å². The van der Waals surface area contributed by atoms with Crippen LogP contribution in [-0.2, 0) is 11.3 Å². The van der Waals surface area contributed by atoms with Gasteiger partial charge >= 0.3 is 0 Å². The molecule has 7 nitrogen and oxygen atoms in total. The molecule has 1 aliphatic rings. The number of hydrogen-bond acceptors (Lipinski definition) is 5. The summed E-state index contributed by atoms with van der Waals surface area (Å²) >= 11 is 0. The third-order valence-electron chi connectivity index (χ3n) is 4.59. The van der Waals surface area contributed by atoms with E-state index < -0.39 is 0 Å². The van der Waals surface area contributed by atoms with Gasteiger partial charge in [-0.05, 0) is 37.8 Å². The van der Waals surface area contributed by atoms with Crippen molar-refractivity contribution in [3.8, 4) is 11.4 Å². The monoisotopic (exact) mass is 328 g/mol. The van der Waals surface area contributed by atoms with Crippen molar-refractivity contribution in [3.05, 3.63) is 29.8 Å². The number of nitrogens with zero attached hydrogens (tertiary/aromatic N) is 5. The molecule has 3 rings (SSSR count). The molecule has 1 fully saturated rings. The number of aromatic nitrogens is 4. The normalized spacial score (nSPS) is 19.3. The second kappa shape index (κ2) is 7.09. The van der Waals surface area contributed by atoms with E-state index >= 15 is 0 Å². The average molecular weight is 328 g/mol. The van der Waals surface area contributed by atoms with Gasteiger partial charge in [-0.25, -0.2) is 0 Å². The van der Waals surface area contributed by atoms with E-state index in [1.165, 1.54) is 10.4 Å². The van der Waals surface area contributed by atoms with E-state index in [-0.39, 0.29) is 18.5 Å². The molecule has 128 valence electrons. The highest BCUT2D eigenvalue weighted by molar-refractivity contribution is 5.76. The van der Waals surface area contributed by atoms with E-state index in [0.29, 0.717) is 11.7 Å². The first-order valence-corrected chi connectivity index (χ1v) is 8.41. The quantitative estimate of drug-likeness (QED) is 0.912. The standard InChI is InChI=1S/C17H24N6O/c1-12-5-7-14(8-6-12)17-19-21-23(20-17)11-16(24)22-9-3-4-15(10-22)13(2)18/h5-8,13,15H,3-4,9-11,18H2,1-2H3. The maximum Gasteiger partial charge on any atom is 0.246 e. The molecule has 1 amide bonds. The first-order valence-electron chi connectivity index (χ1n) is 8.41. The lowest BCUT2D eigenvalue weighted by Crippen LogP contribution is -2.46. The van der Waals surface area contributed by atoms with E-state index in [1.54, 1.807) is 0 Å². The Hall–Kier alpha value is -2.28. The van der Waals surface area contributed by atoms with Crippen LogP contribution in [0.5, 0.6) is 0 Å². The fourth-order valence-electron chi connectivity index (χ4n) is 3.02. The molecular formula is C17H24N6O. The van der Waals surface area contributed by atoms with Gasteiger partial charge in [0.1, 0.15) is 6.54 Å². The maximum absolute atomic E-state index is 12.5. The first-order chi connectivity index (χ1) is 11.5. The van der Waals surface area contributed by atoms with Gasteiger partial charge in [0.25, 0.3) is 0 Å². The number of carbonyl (C=O) groups excluding carboxylic acids is 1. The number of tetrazole rings is 1. The highest BCUT2D eigenvalue weighted by Gasteiger charge is 2.26. The predicted octanol–water partition coefficient (Wildman–Crippen LogP) is 1.23. The number of benzene rings is 1. The molecule has 0 radical (unpaired) electrons. The number of hydrogen-bond donors (Lipinski definition) is 1. The Morgan fingerprint density at radius 2 is 2.12 bits per heavy atom. The van der Waals surface area contributed by atoms with Crippen molar-refractivity contribution in [2.24, 2.45) is 11.7 Å². The van der Waals surface area contributed by atoms with Crippen LogP contribution in [0.2, 0.25) is 0 Å². The van der Waals surface area contributed by atoms with E-state index in [1.807, 2.05) is 43.0 Å². The van der Waals surface area contributed by atoms with Crippen molar-refractivity contribution in [1.29, 1.82) is 0 Å². The zero-order chi connectivity index (χ0) is 17.1. The Morgan fingerprint density at radius 1 is 1.38 bits per heavy atom. The zero-order valence-electron chi connectivity index (χ0n) is 14.2. The molecular weight excluding hydrogens is 304 g/mol. The van der Waals surface area contributed by atoms with Gasteiger partial charge < -0.3 is 10.6 Å². The van der Waals surface area contributed by atoms with Crippen LogP contribution in [-0.4, -0.2) is 50.1 Å². The van der Waals surface area contributed by atoms with Crippen LogP contribution in [0.3, 0.4) is 0 Å². The summed E-state index contributed by atoms with van der Waals surface area (Å²) in [6.45, 7) is 5.65. The summed E-state index contributed by atoms with van der Waals surface area (Å²) in [7, 11) is 0. The lowest BCUT2D eigenvalue weighted by Gasteiger charge is -2.34. The predicted molar refractivity (Wildman–Crippen MR) is 90.9 cm³/mol. The molecule has 2 aromatic rings. The van der Waals surface area contributed by atoms with Crippen LogP contribution >= 0.6 is 0 Å². The van der Waals surface area contributed by atoms with E-state index in [2.05, 4.69) is 15.4 Å². The number of aryl methyl sites for hydroxylation is 1. The molecule has 24 heavy (non-hydrogen) atoms. The number of likely N-dealkylation sites (tertiary alicyclic amines) is 1. The lowest BCUT2D eigenvalue weighted by atomic mass is 9.92. The molecule has 1 saturated heterocycles. The van der Waals surface area contributed by atoms with Gasteiger partial charge in [-0.1, -0.05) is 29.8 Å². The summed E-state index contributed by atoms with van der Waals surface area (Å²) in [5.41, 5.74) is 8.06. The summed E-state index contributed by atoms with van der Waals surface area (Å²) in [6, 6.07) is 8.02. The van der Waals surface area contributed by atoms with Gasteiger partial charge in [-0.3, -0.25) is 4.79 Å². The molecule has 0 aliphatic carbocycles. The molecule has 2 N–H and O–H groups in total. The molecule has 7 heteroatoms. The maximum atomic E-state index is 12.5. The minimum Gasteiger partial charge on any atom is -0.341 e. The van der Waals surface area contributed by atoms with Crippen molar-refractivity contribution in [1.82, 2.24) is 25.1 Å². The summed E-state index contributed by atoms with van der Waals surface area (Å²) in [6.07, 6.45) is 2.08. The molecule has 2 heterocycles. The smallest absolute Gasteiger partial charge is 0.246 e. The topological polar surface area (TPSA) is 89.9 Å². The summed E-state index contributed by atoms with van der Waals surface area (Å²) in [5, 5.41) is 12.4. The van der Waals surface area contributed by atoms with Gasteiger partial charge in [0.05, 0.1) is 0 Å². The number of carbonyl (C=O) groups is 1. The Labute approximate surface area is 141 Å². The second-order valence-electron chi connectivity index (χ2n) is 6.61. The SMILES string of the molecule is Cc1ccc(-c2nnn(CC(=O)N3CCCC(C(C)N)C3)n2)cc1. The number of piperidine rings is 1. The Bertz CT molecular complexity index is 693. The van der Waals surface area contributed by atoms with Crippen molar-refractivity contribution < 1.29 is 4.79 Å². The Morgan fingerprint density at radius 3 is 2.83 bits per heavy atom. The molecule has 1 aromatic heterocycles. The minimum absolute atomic E-state index is 0.0215. The summed E-state index contributed by atoms with van der Waals surface area (Å²) < 4.78 is 0. The van der Waals surface area contributed by atoms with Crippen LogP contribution in [0.15, 0.2) is 24.3 Å². The van der Waals surface area contributed by atoms with E-state index in [0.717, 1.165) is 31.5 Å². The molecule has 0 bridgehead atoms. The summed E-state index contributed by atoms with van der Waals surface area (Å²) in [4.78, 5) is 15.7. The van der Waals surface area contributed by atoms with Crippen LogP contribution in [0.1, 0.15) is 25.3 Å². The minimum atomic E-state index is 0.0215. The first kappa shape index (κ1) is 16.6. The van der Waals surface area contributed by atoms with Crippen molar-refractivity contribution in [2.75, 3.05) is 13.1 Å². The van der Waals surface area contributed by atoms with Crippen molar-refractivity contribution >= 4 is 5.91 Å². The molecule has 2 atom stereocenters. The molecule has 0 spiro atoms. The third-order valence-corrected chi connectivity index (χ3v) is 4.59. The zero-order valence-corrected chi connectivity index (χ0v) is 14.2. The molecule has 0 saturated carbocycles. The number of amides is 1.